The van der Waals surface area contributed by atoms with Gasteiger partial charge in [-0.15, -0.1) is 0 Å². The van der Waals surface area contributed by atoms with Gasteiger partial charge in [0.15, 0.2) is 9.84 Å². The van der Waals surface area contributed by atoms with Crippen LogP contribution in [0.15, 0.2) is 24.3 Å². The number of rotatable bonds is 5. The first-order valence-electron chi connectivity index (χ1n) is 6.83. The molecule has 1 aliphatic rings. The van der Waals surface area contributed by atoms with Gasteiger partial charge in [-0.3, -0.25) is 0 Å². The third kappa shape index (κ3) is 4.93. The van der Waals surface area contributed by atoms with Gasteiger partial charge < -0.3 is 15.4 Å². The fraction of sp³-hybridized carbons (Fsp3) is 0.500. The number of urea groups is 1. The van der Waals surface area contributed by atoms with Crippen molar-refractivity contribution in [3.63, 3.8) is 0 Å². The average Bonchev–Trinajstić information content (AvgIpc) is 2.82. The zero-order valence-electron chi connectivity index (χ0n) is 12.0. The number of hydrogen-bond acceptors (Lipinski definition) is 4. The van der Waals surface area contributed by atoms with Gasteiger partial charge in [0, 0.05) is 13.1 Å². The lowest BCUT2D eigenvalue weighted by Gasteiger charge is -2.11. The summed E-state index contributed by atoms with van der Waals surface area (Å²) in [5.41, 5.74) is 0.938. The molecule has 2 N–H and O–H groups in total. The molecule has 7 heteroatoms. The number of sulfone groups is 1. The largest absolute Gasteiger partial charge is 0.497 e. The molecule has 2 amide bonds. The maximum atomic E-state index is 11.7. The summed E-state index contributed by atoms with van der Waals surface area (Å²) in [7, 11) is -1.30. The molecule has 1 atom stereocenters. The molecule has 1 fully saturated rings. The minimum atomic E-state index is -2.89. The van der Waals surface area contributed by atoms with Crippen LogP contribution in [0.5, 0.6) is 5.75 Å². The van der Waals surface area contributed by atoms with E-state index in [9.17, 15) is 13.2 Å². The van der Waals surface area contributed by atoms with Gasteiger partial charge in [-0.05, 0) is 30.0 Å². The molecule has 0 spiro atoms. The lowest BCUT2D eigenvalue weighted by atomic mass is 10.1. The van der Waals surface area contributed by atoms with Crippen LogP contribution in [0.1, 0.15) is 12.0 Å². The van der Waals surface area contributed by atoms with Crippen LogP contribution in [0, 0.1) is 5.92 Å². The van der Waals surface area contributed by atoms with Gasteiger partial charge in [0.25, 0.3) is 0 Å². The number of carbonyl (C=O) groups excluding carboxylic acids is 1. The van der Waals surface area contributed by atoms with Crippen molar-refractivity contribution >= 4 is 15.9 Å². The standard InChI is InChI=1S/C14H20N2O4S/c1-20-13-4-2-3-11(7-13)8-15-14(17)16-9-12-5-6-21(18,19)10-12/h2-4,7,12H,5-6,8-10H2,1H3,(H2,15,16,17)/t12-/m1/s1. The Kier molecular flexibility index (Phi) is 5.06. The summed E-state index contributed by atoms with van der Waals surface area (Å²) in [4.78, 5) is 11.7. The van der Waals surface area contributed by atoms with Crippen LogP contribution >= 0.6 is 0 Å². The second-order valence-corrected chi connectivity index (χ2v) is 7.41. The molecule has 0 saturated carbocycles. The Morgan fingerprint density at radius 3 is 2.86 bits per heavy atom. The van der Waals surface area contributed by atoms with E-state index in [1.54, 1.807) is 7.11 Å². The quantitative estimate of drug-likeness (QED) is 0.847. The van der Waals surface area contributed by atoms with E-state index in [-0.39, 0.29) is 23.5 Å². The minimum Gasteiger partial charge on any atom is -0.497 e. The van der Waals surface area contributed by atoms with E-state index < -0.39 is 9.84 Å². The molecule has 0 unspecified atom stereocenters. The number of carbonyl (C=O) groups is 1. The van der Waals surface area contributed by atoms with Crippen molar-refractivity contribution in [3.8, 4) is 5.75 Å². The molecule has 0 aliphatic carbocycles. The highest BCUT2D eigenvalue weighted by Crippen LogP contribution is 2.17. The number of methoxy groups -OCH3 is 1. The molecule has 0 bridgehead atoms. The van der Waals surface area contributed by atoms with Crippen molar-refractivity contribution in [2.45, 2.75) is 13.0 Å². The predicted octanol–water partition coefficient (Wildman–Crippen LogP) is 0.929. The highest BCUT2D eigenvalue weighted by atomic mass is 32.2. The third-order valence-electron chi connectivity index (χ3n) is 3.47. The van der Waals surface area contributed by atoms with Crippen molar-refractivity contribution in [1.29, 1.82) is 0 Å². The van der Waals surface area contributed by atoms with Gasteiger partial charge >= 0.3 is 6.03 Å². The van der Waals surface area contributed by atoms with Gasteiger partial charge in [-0.1, -0.05) is 12.1 Å². The molecule has 1 aromatic carbocycles. The van der Waals surface area contributed by atoms with Crippen LogP contribution in [0.4, 0.5) is 4.79 Å². The Morgan fingerprint density at radius 2 is 2.19 bits per heavy atom. The van der Waals surface area contributed by atoms with Crippen LogP contribution in [0.25, 0.3) is 0 Å². The van der Waals surface area contributed by atoms with Gasteiger partial charge in [0.1, 0.15) is 5.75 Å². The highest BCUT2D eigenvalue weighted by Gasteiger charge is 2.27. The van der Waals surface area contributed by atoms with Crippen LogP contribution in [0.2, 0.25) is 0 Å². The topological polar surface area (TPSA) is 84.5 Å². The summed E-state index contributed by atoms with van der Waals surface area (Å²) in [6.07, 6.45) is 0.624. The molecule has 116 valence electrons. The SMILES string of the molecule is COc1cccc(CNC(=O)NC[C@H]2CCS(=O)(=O)C2)c1. The van der Waals surface area contributed by atoms with E-state index in [1.807, 2.05) is 24.3 Å². The summed E-state index contributed by atoms with van der Waals surface area (Å²) < 4.78 is 27.7. The van der Waals surface area contributed by atoms with E-state index in [1.165, 1.54) is 0 Å². The highest BCUT2D eigenvalue weighted by molar-refractivity contribution is 7.91. The van der Waals surface area contributed by atoms with E-state index >= 15 is 0 Å². The van der Waals surface area contributed by atoms with Crippen molar-refractivity contribution < 1.29 is 17.9 Å². The molecule has 1 saturated heterocycles. The third-order valence-corrected chi connectivity index (χ3v) is 5.30. The normalized spacial score (nSPS) is 20.0. The summed E-state index contributed by atoms with van der Waals surface area (Å²) >= 11 is 0. The Bertz CT molecular complexity index is 601. The summed E-state index contributed by atoms with van der Waals surface area (Å²) in [6, 6.07) is 7.15. The molecule has 1 heterocycles. The van der Waals surface area contributed by atoms with E-state index in [2.05, 4.69) is 10.6 Å². The Balaban J connectivity index is 1.72. The summed E-state index contributed by atoms with van der Waals surface area (Å²) in [5.74, 6) is 1.16. The molecule has 21 heavy (non-hydrogen) atoms. The van der Waals surface area contributed by atoms with Crippen molar-refractivity contribution in [2.24, 2.45) is 5.92 Å². The monoisotopic (exact) mass is 312 g/mol. The van der Waals surface area contributed by atoms with Crippen LogP contribution in [-0.2, 0) is 16.4 Å². The molecule has 2 rings (SSSR count). The van der Waals surface area contributed by atoms with E-state index in [4.69, 9.17) is 4.74 Å². The second kappa shape index (κ2) is 6.80. The lowest BCUT2D eigenvalue weighted by Crippen LogP contribution is -2.38. The molecular weight excluding hydrogens is 292 g/mol. The number of amides is 2. The first-order valence-corrected chi connectivity index (χ1v) is 8.66. The Hall–Kier alpha value is -1.76. The summed E-state index contributed by atoms with van der Waals surface area (Å²) in [6.45, 7) is 0.787. The first kappa shape index (κ1) is 15.6. The molecular formula is C14H20N2O4S. The van der Waals surface area contributed by atoms with Crippen molar-refractivity contribution in [2.75, 3.05) is 25.2 Å². The van der Waals surface area contributed by atoms with E-state index in [0.29, 0.717) is 19.5 Å². The molecule has 0 radical (unpaired) electrons. The zero-order chi connectivity index (χ0) is 15.3. The van der Waals surface area contributed by atoms with Gasteiger partial charge in [0.2, 0.25) is 0 Å². The summed E-state index contributed by atoms with van der Waals surface area (Å²) in [5, 5.41) is 5.46. The zero-order valence-corrected chi connectivity index (χ0v) is 12.8. The number of hydrogen-bond donors (Lipinski definition) is 2. The average molecular weight is 312 g/mol. The number of benzene rings is 1. The predicted molar refractivity (Wildman–Crippen MR) is 80.0 cm³/mol. The molecule has 0 aromatic heterocycles. The lowest BCUT2D eigenvalue weighted by molar-refractivity contribution is 0.239. The second-order valence-electron chi connectivity index (χ2n) is 5.18. The number of ether oxygens (including phenoxy) is 1. The smallest absolute Gasteiger partial charge is 0.315 e. The minimum absolute atomic E-state index is 0.0255. The van der Waals surface area contributed by atoms with Gasteiger partial charge in [-0.2, -0.15) is 0 Å². The fourth-order valence-corrected chi connectivity index (χ4v) is 4.16. The van der Waals surface area contributed by atoms with Crippen molar-refractivity contribution in [3.05, 3.63) is 29.8 Å². The maximum absolute atomic E-state index is 11.7. The number of nitrogens with one attached hydrogen (secondary N) is 2. The van der Waals surface area contributed by atoms with Crippen LogP contribution in [-0.4, -0.2) is 39.6 Å². The van der Waals surface area contributed by atoms with Crippen LogP contribution < -0.4 is 15.4 Å². The molecule has 1 aliphatic heterocycles. The maximum Gasteiger partial charge on any atom is 0.315 e. The Morgan fingerprint density at radius 1 is 1.38 bits per heavy atom. The van der Waals surface area contributed by atoms with Gasteiger partial charge in [0.05, 0.1) is 18.6 Å². The van der Waals surface area contributed by atoms with Crippen LogP contribution in [0.3, 0.4) is 0 Å². The Labute approximate surface area is 124 Å². The fourth-order valence-electron chi connectivity index (χ4n) is 2.30. The first-order chi connectivity index (χ1) is 9.98. The van der Waals surface area contributed by atoms with E-state index in [0.717, 1.165) is 11.3 Å². The van der Waals surface area contributed by atoms with Crippen molar-refractivity contribution in [1.82, 2.24) is 10.6 Å². The molecule has 1 aromatic rings. The van der Waals surface area contributed by atoms with Gasteiger partial charge in [-0.25, -0.2) is 13.2 Å². The molecule has 6 nitrogen and oxygen atoms in total.